The van der Waals surface area contributed by atoms with Gasteiger partial charge in [0, 0.05) is 25.3 Å². The first kappa shape index (κ1) is 28.4. The fourth-order valence-corrected chi connectivity index (χ4v) is 6.65. The van der Waals surface area contributed by atoms with E-state index in [0.29, 0.717) is 5.92 Å². The minimum absolute atomic E-state index is 0.0690. The lowest BCUT2D eigenvalue weighted by Gasteiger charge is -2.44. The number of allylic oxidation sites excluding steroid dienone is 1. The Labute approximate surface area is 239 Å². The molecule has 40 heavy (non-hydrogen) atoms. The van der Waals surface area contributed by atoms with Crippen LogP contribution in [-0.2, 0) is 16.0 Å². The summed E-state index contributed by atoms with van der Waals surface area (Å²) in [5.74, 6) is 2.32. The van der Waals surface area contributed by atoms with Crippen molar-refractivity contribution in [3.8, 4) is 5.75 Å². The van der Waals surface area contributed by atoms with Crippen molar-refractivity contribution in [2.75, 3.05) is 27.2 Å². The maximum Gasteiger partial charge on any atom is 0.308 e. The van der Waals surface area contributed by atoms with Gasteiger partial charge in [-0.05, 0) is 74.9 Å². The lowest BCUT2D eigenvalue weighted by Crippen LogP contribution is -2.47. The molecule has 1 heterocycles. The number of aromatic amines is 1. The molecule has 1 aromatic heterocycles. The number of imidazole rings is 1. The van der Waals surface area contributed by atoms with Crippen LogP contribution < -0.4 is 4.74 Å². The molecule has 3 atom stereocenters. The van der Waals surface area contributed by atoms with Gasteiger partial charge in [0.2, 0.25) is 0 Å². The third kappa shape index (κ3) is 5.97. The summed E-state index contributed by atoms with van der Waals surface area (Å²) in [6.07, 6.45) is 9.55. The van der Waals surface area contributed by atoms with Gasteiger partial charge in [0.25, 0.3) is 0 Å². The molecule has 3 aliphatic rings. The summed E-state index contributed by atoms with van der Waals surface area (Å²) < 4.78 is 12.0. The molecule has 0 aliphatic heterocycles. The highest BCUT2D eigenvalue weighted by Gasteiger charge is 2.48. The topological polar surface area (TPSA) is 67.5 Å². The lowest BCUT2D eigenvalue weighted by atomic mass is 9.69. The van der Waals surface area contributed by atoms with Crippen LogP contribution in [0.1, 0.15) is 69.3 Å². The largest absolute Gasteiger partial charge is 0.494 e. The predicted octanol–water partition coefficient (Wildman–Crippen LogP) is 6.98. The van der Waals surface area contributed by atoms with Crippen LogP contribution >= 0.6 is 0 Å². The van der Waals surface area contributed by atoms with Crippen LogP contribution in [0.2, 0.25) is 0 Å². The quantitative estimate of drug-likeness (QED) is 0.264. The van der Waals surface area contributed by atoms with Crippen LogP contribution in [0.4, 0.5) is 0 Å². The van der Waals surface area contributed by atoms with Crippen LogP contribution in [0.5, 0.6) is 5.75 Å². The van der Waals surface area contributed by atoms with E-state index in [0.717, 1.165) is 79.8 Å². The first-order chi connectivity index (χ1) is 19.3. The van der Waals surface area contributed by atoms with Gasteiger partial charge in [-0.1, -0.05) is 62.7 Å². The monoisotopic (exact) mass is 543 g/mol. The van der Waals surface area contributed by atoms with Crippen molar-refractivity contribution in [3.05, 3.63) is 65.5 Å². The van der Waals surface area contributed by atoms with Gasteiger partial charge in [-0.2, -0.15) is 0 Å². The molecule has 2 bridgehead atoms. The number of methoxy groups -OCH3 is 1. The molecule has 1 saturated carbocycles. The van der Waals surface area contributed by atoms with E-state index >= 15 is 0 Å². The van der Waals surface area contributed by atoms with Gasteiger partial charge in [0.1, 0.15) is 22.7 Å². The molecule has 0 spiro atoms. The van der Waals surface area contributed by atoms with Gasteiger partial charge in [-0.25, -0.2) is 4.98 Å². The second-order valence-corrected chi connectivity index (χ2v) is 12.2. The van der Waals surface area contributed by atoms with Crippen LogP contribution in [-0.4, -0.2) is 53.7 Å². The molecule has 1 fully saturated rings. The number of hydrogen-bond donors (Lipinski definition) is 1. The van der Waals surface area contributed by atoms with Gasteiger partial charge in [-0.15, -0.1) is 0 Å². The van der Waals surface area contributed by atoms with Gasteiger partial charge in [-0.3, -0.25) is 4.79 Å². The number of carbonyl (C=O) groups excluding carboxylic acids is 1. The van der Waals surface area contributed by atoms with E-state index in [1.54, 1.807) is 7.11 Å². The number of nitrogens with one attached hydrogen (secondary N) is 1. The van der Waals surface area contributed by atoms with Crippen molar-refractivity contribution in [2.45, 2.75) is 71.3 Å². The summed E-state index contributed by atoms with van der Waals surface area (Å²) in [6.45, 7) is 7.83. The molecule has 3 aliphatic carbocycles. The zero-order valence-corrected chi connectivity index (χ0v) is 24.8. The molecule has 2 aromatic carbocycles. The number of esters is 1. The molecule has 0 amide bonds. The normalized spacial score (nSPS) is 22.5. The van der Waals surface area contributed by atoms with Gasteiger partial charge >= 0.3 is 5.97 Å². The van der Waals surface area contributed by atoms with Crippen LogP contribution in [0.3, 0.4) is 0 Å². The predicted molar refractivity (Wildman–Crippen MR) is 161 cm³/mol. The smallest absolute Gasteiger partial charge is 0.308 e. The molecule has 0 radical (unpaired) electrons. The van der Waals surface area contributed by atoms with E-state index in [2.05, 4.69) is 66.3 Å². The number of H-pyrrole nitrogens is 1. The number of rotatable bonds is 11. The van der Waals surface area contributed by atoms with E-state index < -0.39 is 5.60 Å². The number of benzene rings is 2. The van der Waals surface area contributed by atoms with Gasteiger partial charge in [0.15, 0.2) is 0 Å². The SMILES string of the molecule is COc1ccc(C)c2nc(CCCN(C)CCC3(OC(=O)C(C)C)CC4CCCC3C=C4c3ccccc3)[nH]c12. The third-order valence-corrected chi connectivity index (χ3v) is 8.99. The number of nitrogens with zero attached hydrogens (tertiary/aromatic N) is 2. The zero-order valence-electron chi connectivity index (χ0n) is 24.8. The van der Waals surface area contributed by atoms with Crippen molar-refractivity contribution in [2.24, 2.45) is 17.8 Å². The van der Waals surface area contributed by atoms with E-state index in [9.17, 15) is 4.79 Å². The fourth-order valence-electron chi connectivity index (χ4n) is 6.65. The minimum atomic E-state index is -0.429. The van der Waals surface area contributed by atoms with Crippen LogP contribution in [0, 0.1) is 24.7 Å². The molecule has 6 nitrogen and oxygen atoms in total. The first-order valence-electron chi connectivity index (χ1n) is 15.0. The second-order valence-electron chi connectivity index (χ2n) is 12.2. The number of hydrogen-bond acceptors (Lipinski definition) is 5. The molecular weight excluding hydrogens is 498 g/mol. The van der Waals surface area contributed by atoms with Gasteiger partial charge < -0.3 is 19.4 Å². The Balaban J connectivity index is 1.26. The molecule has 1 N–H and O–H groups in total. The number of carbonyl (C=O) groups is 1. The van der Waals surface area contributed by atoms with Crippen LogP contribution in [0.15, 0.2) is 48.5 Å². The van der Waals surface area contributed by atoms with Crippen molar-refractivity contribution in [1.29, 1.82) is 0 Å². The Bertz CT molecular complexity index is 1350. The molecule has 3 unspecified atom stereocenters. The molecule has 214 valence electrons. The van der Waals surface area contributed by atoms with Crippen LogP contribution in [0.25, 0.3) is 16.6 Å². The lowest BCUT2D eigenvalue weighted by molar-refractivity contribution is -0.172. The Kier molecular flexibility index (Phi) is 8.65. The van der Waals surface area contributed by atoms with E-state index in [1.165, 1.54) is 17.6 Å². The number of ether oxygens (including phenoxy) is 2. The molecule has 6 rings (SSSR count). The molecule has 0 saturated heterocycles. The summed E-state index contributed by atoms with van der Waals surface area (Å²) in [5.41, 5.74) is 5.46. The van der Waals surface area contributed by atoms with Crippen molar-refractivity contribution in [3.63, 3.8) is 0 Å². The summed E-state index contributed by atoms with van der Waals surface area (Å²) in [4.78, 5) is 23.7. The number of fused-ring (bicyclic) bond motifs is 4. The molecule has 6 heteroatoms. The summed E-state index contributed by atoms with van der Waals surface area (Å²) in [7, 11) is 3.88. The Hall–Kier alpha value is -3.12. The molecular formula is C34H45N3O3. The zero-order chi connectivity index (χ0) is 28.3. The average Bonchev–Trinajstić information content (AvgIpc) is 3.17. The summed E-state index contributed by atoms with van der Waals surface area (Å²) in [5, 5.41) is 0. The van der Waals surface area contributed by atoms with Crippen molar-refractivity contribution >= 4 is 22.6 Å². The number of aromatic nitrogens is 2. The van der Waals surface area contributed by atoms with Crippen molar-refractivity contribution in [1.82, 2.24) is 14.9 Å². The first-order valence-corrected chi connectivity index (χ1v) is 15.0. The average molecular weight is 544 g/mol. The Morgan fingerprint density at radius 2 is 1.95 bits per heavy atom. The Morgan fingerprint density at radius 3 is 2.70 bits per heavy atom. The van der Waals surface area contributed by atoms with E-state index in [4.69, 9.17) is 14.5 Å². The Morgan fingerprint density at radius 1 is 1.15 bits per heavy atom. The molecule has 3 aromatic rings. The standard InChI is InChI=1S/C34H45N3O3/c1-23(2)33(38)40-34(22-26-13-9-14-27(34)21-28(26)25-11-7-6-8-12-25)18-20-37(4)19-10-15-30-35-31-24(3)16-17-29(39-5)32(31)36-30/h6-8,11-12,16-17,21,23,26-27H,9-10,13-15,18-20,22H2,1-5H3,(H,35,36). The van der Waals surface area contributed by atoms with Gasteiger partial charge in [0.05, 0.1) is 18.5 Å². The van der Waals surface area contributed by atoms with E-state index in [-0.39, 0.29) is 17.8 Å². The highest BCUT2D eigenvalue weighted by molar-refractivity contribution is 5.84. The summed E-state index contributed by atoms with van der Waals surface area (Å²) >= 11 is 0. The minimum Gasteiger partial charge on any atom is -0.494 e. The number of aryl methyl sites for hydroxylation is 2. The highest BCUT2D eigenvalue weighted by Crippen LogP contribution is 2.51. The third-order valence-electron chi connectivity index (χ3n) is 8.99. The van der Waals surface area contributed by atoms with Crippen molar-refractivity contribution < 1.29 is 14.3 Å². The maximum absolute atomic E-state index is 13.0. The fraction of sp³-hybridized carbons (Fsp3) is 0.529. The van der Waals surface area contributed by atoms with E-state index in [1.807, 2.05) is 19.9 Å². The highest BCUT2D eigenvalue weighted by atomic mass is 16.6. The summed E-state index contributed by atoms with van der Waals surface area (Å²) in [6, 6.07) is 14.8. The maximum atomic E-state index is 13.0. The second kappa shape index (κ2) is 12.2.